The highest BCUT2D eigenvalue weighted by atomic mass is 35.6. The summed E-state index contributed by atoms with van der Waals surface area (Å²) in [5.41, 5.74) is -1.44. The second kappa shape index (κ2) is 6.31. The molecule has 0 spiro atoms. The third-order valence-electron chi connectivity index (χ3n) is 1.97. The lowest BCUT2D eigenvalue weighted by atomic mass is 10.5. The van der Waals surface area contributed by atoms with E-state index in [0.717, 1.165) is 16.8 Å². The number of hydrogen-bond donors (Lipinski definition) is 2. The Morgan fingerprint density at radius 1 is 1.53 bits per heavy atom. The van der Waals surface area contributed by atoms with E-state index >= 15 is 0 Å². The smallest absolute Gasteiger partial charge is 0.408 e. The van der Waals surface area contributed by atoms with Crippen molar-refractivity contribution in [1.82, 2.24) is 14.9 Å². The Balaban J connectivity index is 3.14. The maximum absolute atomic E-state index is 11.6. The summed E-state index contributed by atoms with van der Waals surface area (Å²) in [5, 5.41) is 2.22. The molecule has 0 aliphatic heterocycles. The maximum Gasteiger partial charge on any atom is 0.408 e. The van der Waals surface area contributed by atoms with Gasteiger partial charge in [0.25, 0.3) is 5.56 Å². The van der Waals surface area contributed by atoms with Crippen molar-refractivity contribution in [3.63, 3.8) is 0 Å². The van der Waals surface area contributed by atoms with Crippen LogP contribution in [0.4, 0.5) is 4.79 Å². The van der Waals surface area contributed by atoms with Crippen LogP contribution in [0.2, 0.25) is 0 Å². The fourth-order valence-electron chi connectivity index (χ4n) is 1.22. The van der Waals surface area contributed by atoms with Crippen LogP contribution in [0.5, 0.6) is 0 Å². The number of carbonyl (C=O) groups is 1. The van der Waals surface area contributed by atoms with E-state index in [4.69, 9.17) is 34.8 Å². The van der Waals surface area contributed by atoms with Crippen molar-refractivity contribution in [3.05, 3.63) is 33.1 Å². The number of amides is 1. The molecular weight excluding hydrogens is 320 g/mol. The molecule has 0 unspecified atom stereocenters. The summed E-state index contributed by atoms with van der Waals surface area (Å²) < 4.78 is 3.49. The average Bonchev–Trinajstić information content (AvgIpc) is 2.25. The second-order valence-corrected chi connectivity index (χ2v) is 5.70. The molecule has 0 bridgehead atoms. The molecule has 1 aromatic heterocycles. The van der Waals surface area contributed by atoms with Gasteiger partial charge in [-0.15, -0.1) is 0 Å². The van der Waals surface area contributed by atoms with E-state index in [1.54, 1.807) is 6.92 Å². The lowest BCUT2D eigenvalue weighted by Gasteiger charge is -2.26. The standard InChI is InChI=1S/C9H10Cl3N3O4/c1-2-19-8(18)14-6(9(10,11)12)15-4-3-5(16)13-7(15)17/h3-4,6H,2H2,1H3,(H,14,18)(H,13,16,17)/t6-/m0/s1. The average molecular weight is 331 g/mol. The van der Waals surface area contributed by atoms with Gasteiger partial charge in [-0.3, -0.25) is 19.7 Å². The van der Waals surface area contributed by atoms with Crippen molar-refractivity contribution in [3.8, 4) is 0 Å². The first-order chi connectivity index (χ1) is 8.75. The summed E-state index contributed by atoms with van der Waals surface area (Å²) in [5.74, 6) is 0. The molecule has 106 valence electrons. The minimum Gasteiger partial charge on any atom is -0.450 e. The number of alkyl halides is 3. The fraction of sp³-hybridized carbons (Fsp3) is 0.444. The Hall–Kier alpha value is -1.18. The number of aromatic amines is 1. The summed E-state index contributed by atoms with van der Waals surface area (Å²) in [4.78, 5) is 35.9. The van der Waals surface area contributed by atoms with Gasteiger partial charge < -0.3 is 4.74 Å². The Kier molecular flexibility index (Phi) is 5.28. The van der Waals surface area contributed by atoms with Crippen molar-refractivity contribution in [2.24, 2.45) is 0 Å². The number of rotatable bonds is 3. The molecule has 1 amide bonds. The molecule has 0 aromatic carbocycles. The summed E-state index contributed by atoms with van der Waals surface area (Å²) in [6.07, 6.45) is -1.10. The van der Waals surface area contributed by atoms with Gasteiger partial charge in [-0.2, -0.15) is 0 Å². The summed E-state index contributed by atoms with van der Waals surface area (Å²) in [6.45, 7) is 1.70. The topological polar surface area (TPSA) is 93.2 Å². The molecule has 1 aromatic rings. The lowest BCUT2D eigenvalue weighted by molar-refractivity contribution is 0.143. The molecule has 0 aliphatic carbocycles. The number of hydrogen-bond acceptors (Lipinski definition) is 4. The second-order valence-electron chi connectivity index (χ2n) is 3.33. The first-order valence-corrected chi connectivity index (χ1v) is 6.20. The van der Waals surface area contributed by atoms with Gasteiger partial charge in [-0.25, -0.2) is 9.59 Å². The molecule has 1 atom stereocenters. The Labute approximate surface area is 122 Å². The Bertz CT molecular complexity index is 563. The van der Waals surface area contributed by atoms with E-state index in [1.807, 2.05) is 4.98 Å². The van der Waals surface area contributed by atoms with E-state index in [0.29, 0.717) is 0 Å². The van der Waals surface area contributed by atoms with Gasteiger partial charge in [-0.05, 0) is 6.92 Å². The molecule has 0 fully saturated rings. The van der Waals surface area contributed by atoms with Gasteiger partial charge in [0.05, 0.1) is 6.61 Å². The Morgan fingerprint density at radius 2 is 2.16 bits per heavy atom. The maximum atomic E-state index is 11.6. The van der Waals surface area contributed by atoms with Crippen molar-refractivity contribution in [2.75, 3.05) is 6.61 Å². The zero-order chi connectivity index (χ0) is 14.6. The number of nitrogens with one attached hydrogen (secondary N) is 2. The summed E-state index contributed by atoms with van der Waals surface area (Å²) >= 11 is 17.1. The first kappa shape index (κ1) is 15.9. The number of alkyl carbamates (subject to hydrolysis) is 1. The minimum atomic E-state index is -2.02. The van der Waals surface area contributed by atoms with Crippen LogP contribution in [-0.2, 0) is 4.74 Å². The molecule has 0 radical (unpaired) electrons. The van der Waals surface area contributed by atoms with Crippen molar-refractivity contribution < 1.29 is 9.53 Å². The minimum absolute atomic E-state index is 0.110. The van der Waals surface area contributed by atoms with Crippen molar-refractivity contribution in [1.29, 1.82) is 0 Å². The van der Waals surface area contributed by atoms with E-state index in [1.165, 1.54) is 0 Å². The third-order valence-corrected chi connectivity index (χ3v) is 2.59. The molecule has 0 aliphatic rings. The first-order valence-electron chi connectivity index (χ1n) is 5.07. The number of ether oxygens (including phenoxy) is 1. The van der Waals surface area contributed by atoms with E-state index in [2.05, 4.69) is 10.1 Å². The van der Waals surface area contributed by atoms with Gasteiger partial charge in [0, 0.05) is 12.3 Å². The van der Waals surface area contributed by atoms with Crippen LogP contribution in [0, 0.1) is 0 Å². The number of halogens is 3. The van der Waals surface area contributed by atoms with E-state index in [9.17, 15) is 14.4 Å². The number of carbonyl (C=O) groups excluding carboxylic acids is 1. The molecule has 7 nitrogen and oxygen atoms in total. The molecular formula is C9H10Cl3N3O4. The highest BCUT2D eigenvalue weighted by molar-refractivity contribution is 6.67. The van der Waals surface area contributed by atoms with Gasteiger partial charge >= 0.3 is 11.8 Å². The molecule has 10 heteroatoms. The fourth-order valence-corrected chi connectivity index (χ4v) is 1.70. The van der Waals surface area contributed by atoms with Crippen LogP contribution in [-0.4, -0.2) is 26.0 Å². The normalized spacial score (nSPS) is 12.8. The largest absolute Gasteiger partial charge is 0.450 e. The number of nitrogens with zero attached hydrogens (tertiary/aromatic N) is 1. The molecule has 1 heterocycles. The van der Waals surface area contributed by atoms with Crippen molar-refractivity contribution in [2.45, 2.75) is 16.9 Å². The van der Waals surface area contributed by atoms with Gasteiger partial charge in [-0.1, -0.05) is 34.8 Å². The van der Waals surface area contributed by atoms with Crippen LogP contribution in [0.15, 0.2) is 21.9 Å². The monoisotopic (exact) mass is 329 g/mol. The van der Waals surface area contributed by atoms with E-state index < -0.39 is 27.3 Å². The van der Waals surface area contributed by atoms with Crippen LogP contribution >= 0.6 is 34.8 Å². The molecule has 19 heavy (non-hydrogen) atoms. The third kappa shape index (κ3) is 4.45. The zero-order valence-corrected chi connectivity index (χ0v) is 11.9. The molecule has 0 saturated carbocycles. The SMILES string of the molecule is CCOC(=O)N[C@@H](n1ccc(=O)[nH]c1=O)C(Cl)(Cl)Cl. The van der Waals surface area contributed by atoms with Crippen LogP contribution in [0.25, 0.3) is 0 Å². The summed E-state index contributed by atoms with van der Waals surface area (Å²) in [7, 11) is 0. The predicted molar refractivity (Wildman–Crippen MR) is 70.8 cm³/mol. The summed E-state index contributed by atoms with van der Waals surface area (Å²) in [6, 6.07) is 1.05. The predicted octanol–water partition coefficient (Wildman–Crippen LogP) is 1.15. The highest BCUT2D eigenvalue weighted by Gasteiger charge is 2.36. The van der Waals surface area contributed by atoms with Crippen LogP contribution in [0.3, 0.4) is 0 Å². The number of H-pyrrole nitrogens is 1. The highest BCUT2D eigenvalue weighted by Crippen LogP contribution is 2.35. The zero-order valence-electron chi connectivity index (χ0n) is 9.65. The lowest BCUT2D eigenvalue weighted by Crippen LogP contribution is -2.46. The number of aromatic nitrogens is 2. The van der Waals surface area contributed by atoms with Crippen LogP contribution in [0.1, 0.15) is 13.1 Å². The Morgan fingerprint density at radius 3 is 2.63 bits per heavy atom. The van der Waals surface area contributed by atoms with Crippen molar-refractivity contribution >= 4 is 40.9 Å². The van der Waals surface area contributed by atoms with E-state index in [-0.39, 0.29) is 6.61 Å². The van der Waals surface area contributed by atoms with Gasteiger partial charge in [0.1, 0.15) is 0 Å². The molecule has 2 N–H and O–H groups in total. The molecule has 1 rings (SSSR count). The quantitative estimate of drug-likeness (QED) is 0.813. The molecule has 0 saturated heterocycles. The van der Waals surface area contributed by atoms with Gasteiger partial charge in [0.15, 0.2) is 6.17 Å². The van der Waals surface area contributed by atoms with Crippen LogP contribution < -0.4 is 16.6 Å². The van der Waals surface area contributed by atoms with Gasteiger partial charge in [0.2, 0.25) is 3.79 Å².